The Morgan fingerprint density at radius 2 is 2.04 bits per heavy atom. The molecule has 136 valence electrons. The maximum absolute atomic E-state index is 13.7. The first-order chi connectivity index (χ1) is 12.2. The molecule has 0 aliphatic rings. The smallest absolute Gasteiger partial charge is 0.271 e. The average molecular weight is 380 g/mol. The lowest BCUT2D eigenvalue weighted by molar-refractivity contribution is 0.0944. The number of benzene rings is 1. The number of hydrogen-bond acceptors (Lipinski definition) is 6. The standard InChI is InChI=1S/C15H13FN4O5S/c1-7-14(8(2)25-19-7)26(23,24)20-18-15(22)10-6-17-12-9(13(10)21)4-3-5-11(12)16/h3-6,20H,1-2H3,(H,17,21)(H,18,22). The molecule has 1 aromatic carbocycles. The number of fused-ring (bicyclic) bond motifs is 1. The lowest BCUT2D eigenvalue weighted by atomic mass is 10.1. The molecule has 3 rings (SSSR count). The number of H-pyrrole nitrogens is 1. The summed E-state index contributed by atoms with van der Waals surface area (Å²) in [6.07, 6.45) is 1.01. The number of nitrogens with zero attached hydrogens (tertiary/aromatic N) is 1. The predicted octanol–water partition coefficient (Wildman–Crippen LogP) is 0.895. The zero-order valence-electron chi connectivity index (χ0n) is 13.6. The van der Waals surface area contributed by atoms with Crippen LogP contribution in [0.5, 0.6) is 0 Å². The van der Waals surface area contributed by atoms with E-state index in [0.29, 0.717) is 0 Å². The highest BCUT2D eigenvalue weighted by atomic mass is 32.2. The monoisotopic (exact) mass is 380 g/mol. The first kappa shape index (κ1) is 17.8. The molecular formula is C15H13FN4O5S. The number of hydrazine groups is 1. The summed E-state index contributed by atoms with van der Waals surface area (Å²) in [6, 6.07) is 3.84. The number of rotatable bonds is 4. The fourth-order valence-corrected chi connectivity index (χ4v) is 3.64. The van der Waals surface area contributed by atoms with Crippen LogP contribution in [0.15, 0.2) is 38.6 Å². The average Bonchev–Trinajstić information content (AvgIpc) is 2.93. The number of hydrogen-bond donors (Lipinski definition) is 3. The van der Waals surface area contributed by atoms with Gasteiger partial charge in [-0.3, -0.25) is 15.0 Å². The van der Waals surface area contributed by atoms with Gasteiger partial charge in [-0.1, -0.05) is 11.2 Å². The van der Waals surface area contributed by atoms with E-state index in [1.54, 1.807) is 0 Å². The van der Waals surface area contributed by atoms with Gasteiger partial charge in [0.25, 0.3) is 15.9 Å². The van der Waals surface area contributed by atoms with E-state index < -0.39 is 27.2 Å². The fraction of sp³-hybridized carbons (Fsp3) is 0.133. The number of halogens is 1. The van der Waals surface area contributed by atoms with E-state index >= 15 is 0 Å². The van der Waals surface area contributed by atoms with Crippen LogP contribution in [0.1, 0.15) is 21.8 Å². The summed E-state index contributed by atoms with van der Waals surface area (Å²) in [5, 5.41) is 3.49. The first-order valence-corrected chi connectivity index (χ1v) is 8.75. The Kier molecular flexibility index (Phi) is 4.34. The molecule has 0 bridgehead atoms. The number of nitrogens with one attached hydrogen (secondary N) is 3. The van der Waals surface area contributed by atoms with E-state index in [0.717, 1.165) is 12.3 Å². The molecule has 1 amide bonds. The topological polar surface area (TPSA) is 134 Å². The van der Waals surface area contributed by atoms with E-state index in [1.165, 1.54) is 26.0 Å². The molecule has 0 saturated heterocycles. The quantitative estimate of drug-likeness (QED) is 0.576. The minimum atomic E-state index is -4.15. The molecule has 0 aliphatic carbocycles. The predicted molar refractivity (Wildman–Crippen MR) is 88.3 cm³/mol. The molecule has 2 aromatic heterocycles. The van der Waals surface area contributed by atoms with Crippen LogP contribution in [0.4, 0.5) is 4.39 Å². The highest BCUT2D eigenvalue weighted by Crippen LogP contribution is 2.18. The molecule has 2 heterocycles. The molecule has 3 aromatic rings. The zero-order valence-corrected chi connectivity index (χ0v) is 14.4. The van der Waals surface area contributed by atoms with Crippen LogP contribution in [-0.4, -0.2) is 24.5 Å². The Morgan fingerprint density at radius 3 is 2.69 bits per heavy atom. The van der Waals surface area contributed by atoms with Crippen LogP contribution < -0.4 is 15.7 Å². The summed E-state index contributed by atoms with van der Waals surface area (Å²) in [6.45, 7) is 2.83. The van der Waals surface area contributed by atoms with Crippen molar-refractivity contribution in [3.05, 3.63) is 57.5 Å². The second-order valence-electron chi connectivity index (χ2n) is 5.41. The molecule has 0 radical (unpaired) electrons. The third-order valence-electron chi connectivity index (χ3n) is 3.64. The van der Waals surface area contributed by atoms with Gasteiger partial charge in [0.05, 0.1) is 5.52 Å². The van der Waals surface area contributed by atoms with Gasteiger partial charge >= 0.3 is 0 Å². The minimum absolute atomic E-state index is 0.0359. The van der Waals surface area contributed by atoms with Gasteiger partial charge in [0, 0.05) is 11.6 Å². The van der Waals surface area contributed by atoms with E-state index in [1.807, 2.05) is 10.3 Å². The number of para-hydroxylation sites is 1. The lowest BCUT2D eigenvalue weighted by Gasteiger charge is -2.08. The molecule has 0 fully saturated rings. The summed E-state index contributed by atoms with van der Waals surface area (Å²) < 4.78 is 42.9. The SMILES string of the molecule is Cc1noc(C)c1S(=O)(=O)NNC(=O)c1c[nH]c2c(F)cccc2c1=O. The minimum Gasteiger partial charge on any atom is -0.360 e. The van der Waals surface area contributed by atoms with Crippen molar-refractivity contribution in [3.8, 4) is 0 Å². The van der Waals surface area contributed by atoms with Crippen LogP contribution in [0.3, 0.4) is 0 Å². The summed E-state index contributed by atoms with van der Waals surface area (Å²) in [5.41, 5.74) is 0.878. The van der Waals surface area contributed by atoms with Crippen LogP contribution in [0.25, 0.3) is 10.9 Å². The number of aryl methyl sites for hydroxylation is 2. The molecule has 0 spiro atoms. The van der Waals surface area contributed by atoms with Crippen molar-refractivity contribution < 1.29 is 22.1 Å². The third-order valence-corrected chi connectivity index (χ3v) is 5.13. The van der Waals surface area contributed by atoms with Gasteiger partial charge in [-0.2, -0.15) is 0 Å². The highest BCUT2D eigenvalue weighted by molar-refractivity contribution is 7.89. The van der Waals surface area contributed by atoms with Gasteiger partial charge in [0.1, 0.15) is 22.0 Å². The van der Waals surface area contributed by atoms with Crippen molar-refractivity contribution in [1.82, 2.24) is 20.4 Å². The first-order valence-electron chi connectivity index (χ1n) is 7.27. The van der Waals surface area contributed by atoms with Crippen molar-refractivity contribution >= 4 is 26.8 Å². The molecular weight excluding hydrogens is 367 g/mol. The Hall–Kier alpha value is -3.05. The largest absolute Gasteiger partial charge is 0.360 e. The van der Waals surface area contributed by atoms with Crippen LogP contribution in [0.2, 0.25) is 0 Å². The number of carbonyl (C=O) groups is 1. The summed E-state index contributed by atoms with van der Waals surface area (Å²) >= 11 is 0. The number of amides is 1. The third kappa shape index (κ3) is 2.97. The van der Waals surface area contributed by atoms with Gasteiger partial charge in [-0.25, -0.2) is 12.8 Å². The normalized spacial score (nSPS) is 11.7. The van der Waals surface area contributed by atoms with Crippen molar-refractivity contribution in [3.63, 3.8) is 0 Å². The molecule has 0 aliphatic heterocycles. The highest BCUT2D eigenvalue weighted by Gasteiger charge is 2.25. The van der Waals surface area contributed by atoms with Gasteiger partial charge < -0.3 is 9.51 Å². The second-order valence-corrected chi connectivity index (χ2v) is 7.03. The number of aromatic nitrogens is 2. The molecule has 11 heteroatoms. The lowest BCUT2D eigenvalue weighted by Crippen LogP contribution is -2.43. The van der Waals surface area contributed by atoms with Gasteiger partial charge in [0.2, 0.25) is 5.43 Å². The number of sulfonamides is 1. The number of pyridine rings is 1. The number of aromatic amines is 1. The van der Waals surface area contributed by atoms with Crippen LogP contribution >= 0.6 is 0 Å². The molecule has 0 atom stereocenters. The van der Waals surface area contributed by atoms with E-state index in [2.05, 4.69) is 10.1 Å². The van der Waals surface area contributed by atoms with Crippen LogP contribution in [-0.2, 0) is 10.0 Å². The van der Waals surface area contributed by atoms with E-state index in [9.17, 15) is 22.4 Å². The number of carbonyl (C=O) groups excluding carboxylic acids is 1. The van der Waals surface area contributed by atoms with Crippen molar-refractivity contribution in [2.75, 3.05) is 0 Å². The summed E-state index contributed by atoms with van der Waals surface area (Å²) in [7, 11) is -4.15. The Bertz CT molecular complexity index is 1160. The van der Waals surface area contributed by atoms with Gasteiger partial charge in [-0.15, -0.1) is 4.83 Å². The molecule has 9 nitrogen and oxygen atoms in total. The Labute approximate surface area is 146 Å². The van der Waals surface area contributed by atoms with Crippen molar-refractivity contribution in [2.24, 2.45) is 0 Å². The van der Waals surface area contributed by atoms with Crippen molar-refractivity contribution in [2.45, 2.75) is 18.7 Å². The molecule has 0 unspecified atom stereocenters. The fourth-order valence-electron chi connectivity index (χ4n) is 2.47. The molecule has 26 heavy (non-hydrogen) atoms. The molecule has 0 saturated carbocycles. The Balaban J connectivity index is 1.89. The maximum atomic E-state index is 13.7. The van der Waals surface area contributed by atoms with Gasteiger partial charge in [0.15, 0.2) is 5.76 Å². The van der Waals surface area contributed by atoms with E-state index in [4.69, 9.17) is 4.52 Å². The second kappa shape index (κ2) is 6.35. The van der Waals surface area contributed by atoms with Crippen molar-refractivity contribution in [1.29, 1.82) is 0 Å². The van der Waals surface area contributed by atoms with Crippen LogP contribution in [0, 0.1) is 19.7 Å². The summed E-state index contributed by atoms with van der Waals surface area (Å²) in [5.74, 6) is -1.61. The Morgan fingerprint density at radius 1 is 1.31 bits per heavy atom. The summed E-state index contributed by atoms with van der Waals surface area (Å²) in [4.78, 5) is 28.7. The zero-order chi connectivity index (χ0) is 19.1. The molecule has 3 N–H and O–H groups in total. The maximum Gasteiger partial charge on any atom is 0.271 e. The van der Waals surface area contributed by atoms with Gasteiger partial charge in [-0.05, 0) is 26.0 Å². The van der Waals surface area contributed by atoms with E-state index in [-0.39, 0.29) is 32.8 Å².